The zero-order valence-corrected chi connectivity index (χ0v) is 11.1. The lowest BCUT2D eigenvalue weighted by Crippen LogP contribution is -2.35. The van der Waals surface area contributed by atoms with Gasteiger partial charge in [-0.1, -0.05) is 12.0 Å². The van der Waals surface area contributed by atoms with Crippen LogP contribution in [-0.4, -0.2) is 55.0 Å². The highest BCUT2D eigenvalue weighted by molar-refractivity contribution is 5.87. The molecule has 1 heterocycles. The maximum Gasteiger partial charge on any atom is 0.434 e. The van der Waals surface area contributed by atoms with Crippen molar-refractivity contribution in [1.82, 2.24) is 15.3 Å². The minimum absolute atomic E-state index is 0.471. The van der Waals surface area contributed by atoms with Crippen LogP contribution in [0.2, 0.25) is 0 Å². The molecule has 0 saturated carbocycles. The standard InChI is InChI=1S/C13H19N3O3/c1-3-8-15(2)9-6-7-12(17)14-19-13(18)16-10-4-5-11-16/h1,6-7H,4-5,8-11H2,2H3,(H,14,17)/b7-6+. The van der Waals surface area contributed by atoms with Crippen molar-refractivity contribution in [1.29, 1.82) is 0 Å². The summed E-state index contributed by atoms with van der Waals surface area (Å²) >= 11 is 0. The molecule has 104 valence electrons. The molecule has 2 amide bonds. The van der Waals surface area contributed by atoms with Gasteiger partial charge in [0.25, 0.3) is 5.91 Å². The van der Waals surface area contributed by atoms with Gasteiger partial charge in [0.2, 0.25) is 0 Å². The summed E-state index contributed by atoms with van der Waals surface area (Å²) in [6, 6.07) is 0. The van der Waals surface area contributed by atoms with Crippen LogP contribution >= 0.6 is 0 Å². The fraction of sp³-hybridized carbons (Fsp3) is 0.538. The van der Waals surface area contributed by atoms with E-state index in [1.807, 2.05) is 11.9 Å². The quantitative estimate of drug-likeness (QED) is 0.453. The summed E-state index contributed by atoms with van der Waals surface area (Å²) in [6.07, 6.45) is 9.55. The predicted octanol–water partition coefficient (Wildman–Crippen LogP) is 0.371. The zero-order valence-electron chi connectivity index (χ0n) is 11.1. The van der Waals surface area contributed by atoms with E-state index in [0.29, 0.717) is 26.2 Å². The minimum atomic E-state index is -0.510. The molecular formula is C13H19N3O3. The Balaban J connectivity index is 2.18. The number of carbonyl (C=O) groups excluding carboxylic acids is 2. The van der Waals surface area contributed by atoms with Crippen molar-refractivity contribution in [2.75, 3.05) is 33.2 Å². The van der Waals surface area contributed by atoms with E-state index in [0.717, 1.165) is 12.8 Å². The van der Waals surface area contributed by atoms with Crippen LogP contribution in [0.25, 0.3) is 0 Å². The fourth-order valence-electron chi connectivity index (χ4n) is 1.65. The Morgan fingerprint density at radius 2 is 2.16 bits per heavy atom. The van der Waals surface area contributed by atoms with Crippen LogP contribution in [0.3, 0.4) is 0 Å². The van der Waals surface area contributed by atoms with E-state index < -0.39 is 12.0 Å². The maximum absolute atomic E-state index is 11.5. The van der Waals surface area contributed by atoms with Crippen LogP contribution in [0, 0.1) is 12.3 Å². The Kier molecular flexibility index (Phi) is 6.47. The van der Waals surface area contributed by atoms with Crippen LogP contribution in [0.5, 0.6) is 0 Å². The highest BCUT2D eigenvalue weighted by atomic mass is 16.7. The third-order valence-electron chi connectivity index (χ3n) is 2.65. The molecule has 0 unspecified atom stereocenters. The number of rotatable bonds is 4. The first kappa shape index (κ1) is 15.1. The molecule has 6 nitrogen and oxygen atoms in total. The first-order valence-corrected chi connectivity index (χ1v) is 6.17. The van der Waals surface area contributed by atoms with Crippen molar-refractivity contribution < 1.29 is 14.4 Å². The molecular weight excluding hydrogens is 246 g/mol. The third-order valence-corrected chi connectivity index (χ3v) is 2.65. The van der Waals surface area contributed by atoms with E-state index in [2.05, 4.69) is 16.2 Å². The average Bonchev–Trinajstić information content (AvgIpc) is 2.90. The number of likely N-dealkylation sites (N-methyl/N-ethyl adjacent to an activating group) is 1. The van der Waals surface area contributed by atoms with Gasteiger partial charge in [-0.2, -0.15) is 5.48 Å². The summed E-state index contributed by atoms with van der Waals surface area (Å²) in [5, 5.41) is 0. The van der Waals surface area contributed by atoms with E-state index >= 15 is 0 Å². The third kappa shape index (κ3) is 5.93. The second-order valence-corrected chi connectivity index (χ2v) is 4.33. The Morgan fingerprint density at radius 3 is 2.79 bits per heavy atom. The molecule has 19 heavy (non-hydrogen) atoms. The molecule has 0 aromatic heterocycles. The molecule has 6 heteroatoms. The van der Waals surface area contributed by atoms with Gasteiger partial charge in [0, 0.05) is 25.7 Å². The molecule has 1 saturated heterocycles. The fourth-order valence-corrected chi connectivity index (χ4v) is 1.65. The maximum atomic E-state index is 11.5. The summed E-state index contributed by atoms with van der Waals surface area (Å²) in [4.78, 5) is 30.9. The first-order chi connectivity index (χ1) is 9.13. The van der Waals surface area contributed by atoms with Gasteiger partial charge < -0.3 is 9.74 Å². The predicted molar refractivity (Wildman–Crippen MR) is 70.9 cm³/mol. The molecule has 0 aliphatic carbocycles. The summed E-state index contributed by atoms with van der Waals surface area (Å²) in [5.74, 6) is 2.02. The molecule has 0 aromatic rings. The van der Waals surface area contributed by atoms with Crippen molar-refractivity contribution in [2.45, 2.75) is 12.8 Å². The molecule has 0 atom stereocenters. The lowest BCUT2D eigenvalue weighted by atomic mass is 10.4. The number of likely N-dealkylation sites (tertiary alicyclic amines) is 1. The molecule has 1 N–H and O–H groups in total. The minimum Gasteiger partial charge on any atom is -0.321 e. The van der Waals surface area contributed by atoms with Gasteiger partial charge in [0.15, 0.2) is 0 Å². The summed E-state index contributed by atoms with van der Waals surface area (Å²) < 4.78 is 0. The zero-order chi connectivity index (χ0) is 14.1. The van der Waals surface area contributed by atoms with Crippen molar-refractivity contribution in [3.63, 3.8) is 0 Å². The number of hydrogen-bond acceptors (Lipinski definition) is 4. The van der Waals surface area contributed by atoms with E-state index in [1.54, 1.807) is 11.0 Å². The number of amides is 2. The van der Waals surface area contributed by atoms with Gasteiger partial charge in [0.1, 0.15) is 0 Å². The molecule has 0 spiro atoms. The van der Waals surface area contributed by atoms with Crippen LogP contribution in [0.15, 0.2) is 12.2 Å². The molecule has 1 aliphatic rings. The largest absolute Gasteiger partial charge is 0.434 e. The van der Waals surface area contributed by atoms with Gasteiger partial charge in [-0.25, -0.2) is 4.79 Å². The van der Waals surface area contributed by atoms with Gasteiger partial charge in [-0.3, -0.25) is 9.69 Å². The molecule has 1 fully saturated rings. The van der Waals surface area contributed by atoms with Gasteiger partial charge in [-0.05, 0) is 19.9 Å². The number of nitrogens with one attached hydrogen (secondary N) is 1. The highest BCUT2D eigenvalue weighted by Gasteiger charge is 2.19. The number of carbonyl (C=O) groups is 2. The first-order valence-electron chi connectivity index (χ1n) is 6.17. The molecule has 1 rings (SSSR count). The lowest BCUT2D eigenvalue weighted by Gasteiger charge is -2.13. The van der Waals surface area contributed by atoms with Crippen LogP contribution in [0.1, 0.15) is 12.8 Å². The van der Waals surface area contributed by atoms with E-state index in [-0.39, 0.29) is 0 Å². The van der Waals surface area contributed by atoms with E-state index in [9.17, 15) is 9.59 Å². The summed E-state index contributed by atoms with van der Waals surface area (Å²) in [5.41, 5.74) is 2.09. The molecule has 1 aliphatic heterocycles. The Morgan fingerprint density at radius 1 is 1.47 bits per heavy atom. The average molecular weight is 265 g/mol. The molecule has 0 radical (unpaired) electrons. The van der Waals surface area contributed by atoms with Gasteiger partial charge >= 0.3 is 6.09 Å². The Labute approximate surface area is 113 Å². The van der Waals surface area contributed by atoms with Crippen LogP contribution in [-0.2, 0) is 9.63 Å². The Bertz CT molecular complexity index is 381. The second-order valence-electron chi connectivity index (χ2n) is 4.33. The summed E-state index contributed by atoms with van der Waals surface area (Å²) in [6.45, 7) is 2.43. The number of hydrogen-bond donors (Lipinski definition) is 1. The lowest BCUT2D eigenvalue weighted by molar-refractivity contribution is -0.125. The van der Waals surface area contributed by atoms with Crippen molar-refractivity contribution in [3.05, 3.63) is 12.2 Å². The van der Waals surface area contributed by atoms with Crippen molar-refractivity contribution >= 4 is 12.0 Å². The van der Waals surface area contributed by atoms with Crippen LogP contribution < -0.4 is 5.48 Å². The smallest absolute Gasteiger partial charge is 0.321 e. The topological polar surface area (TPSA) is 61.9 Å². The molecule has 0 bridgehead atoms. The number of terminal acetylenes is 1. The van der Waals surface area contributed by atoms with Gasteiger partial charge in [-0.15, -0.1) is 6.42 Å². The Hall–Kier alpha value is -2.00. The normalized spacial score (nSPS) is 14.7. The molecule has 0 aromatic carbocycles. The van der Waals surface area contributed by atoms with Crippen molar-refractivity contribution in [3.8, 4) is 12.3 Å². The monoisotopic (exact) mass is 265 g/mol. The van der Waals surface area contributed by atoms with Crippen LogP contribution in [0.4, 0.5) is 4.79 Å². The van der Waals surface area contributed by atoms with E-state index in [1.165, 1.54) is 6.08 Å². The number of nitrogens with zero attached hydrogens (tertiary/aromatic N) is 2. The number of hydroxylamine groups is 1. The SMILES string of the molecule is C#CCN(C)C/C=C/C(=O)NOC(=O)N1CCCC1. The van der Waals surface area contributed by atoms with E-state index in [4.69, 9.17) is 6.42 Å². The van der Waals surface area contributed by atoms with Crippen molar-refractivity contribution in [2.24, 2.45) is 0 Å². The second kappa shape index (κ2) is 8.16. The van der Waals surface area contributed by atoms with Gasteiger partial charge in [0.05, 0.1) is 6.54 Å². The highest BCUT2D eigenvalue weighted by Crippen LogP contribution is 2.07. The summed E-state index contributed by atoms with van der Waals surface area (Å²) in [7, 11) is 1.84.